The Morgan fingerprint density at radius 3 is 2.15 bits per heavy atom. The van der Waals surface area contributed by atoms with Gasteiger partial charge >= 0.3 is 31.9 Å². The molecule has 3 unspecified atom stereocenters. The molecule has 27 heavy (non-hydrogen) atoms. The third-order valence-corrected chi connectivity index (χ3v) is 24.3. The molecule has 1 aliphatic heterocycles. The minimum Gasteiger partial charge on any atom is -0.425 e. The van der Waals surface area contributed by atoms with Gasteiger partial charge in [0.05, 0.1) is 6.42 Å². The van der Waals surface area contributed by atoms with E-state index in [0.29, 0.717) is 12.1 Å². The van der Waals surface area contributed by atoms with Crippen LogP contribution in [0.3, 0.4) is 0 Å². The van der Waals surface area contributed by atoms with Crippen LogP contribution in [0.15, 0.2) is 0 Å². The van der Waals surface area contributed by atoms with Crippen LogP contribution in [-0.4, -0.2) is 67.0 Å². The smallest absolute Gasteiger partial charge is 0.391 e. The van der Waals surface area contributed by atoms with Crippen molar-refractivity contribution >= 4 is 55.0 Å². The summed E-state index contributed by atoms with van der Waals surface area (Å²) in [4.78, 5) is 0. The van der Waals surface area contributed by atoms with Gasteiger partial charge < -0.3 is 24.7 Å². The van der Waals surface area contributed by atoms with E-state index < -0.39 is 73.4 Å². The normalized spacial score (nSPS) is 33.3. The summed E-state index contributed by atoms with van der Waals surface area (Å²) in [6.07, 6.45) is -6.26. The van der Waals surface area contributed by atoms with E-state index in [1.807, 2.05) is 13.8 Å². The summed E-state index contributed by atoms with van der Waals surface area (Å²) in [5.41, 5.74) is 0. The summed E-state index contributed by atoms with van der Waals surface area (Å²) in [5.74, 6) is -2.28. The van der Waals surface area contributed by atoms with Gasteiger partial charge in [-0.15, -0.1) is 0 Å². The molecule has 1 heterocycles. The van der Waals surface area contributed by atoms with Crippen molar-refractivity contribution < 1.29 is 42.3 Å². The molecule has 0 radical (unpaired) electrons. The van der Waals surface area contributed by atoms with E-state index in [0.717, 1.165) is 0 Å². The Balaban J connectivity index is 3.25. The number of hydrogen-bond donors (Lipinski definition) is 0. The van der Waals surface area contributed by atoms with E-state index in [1.54, 1.807) is 19.6 Å². The molecule has 0 N–H and O–H groups in total. The maximum Gasteiger partial charge on any atom is 0.391 e. The highest BCUT2D eigenvalue weighted by Crippen LogP contribution is 2.35. The SMILES string of the molecule is CC[Si]1(CC)O[SiH2]O[SiH2]O[SiH](C)O[Si](C)(C)O[Si](C)(C(F)CC(F)(F)F)O1. The standard InChI is InChI=1S/C11H30F4O6Si6/c1-7-27(8-2)18-23-16-22-17-24(3)19-25(4,5)20-26(6,21-27)10(12)9-11(13,14)15/h10,24H,7-9,22-23H2,1-6H3. The van der Waals surface area contributed by atoms with E-state index in [-0.39, 0.29) is 0 Å². The zero-order valence-electron chi connectivity index (χ0n) is 16.7. The highest BCUT2D eigenvalue weighted by Gasteiger charge is 2.55. The Kier molecular flexibility index (Phi) is 9.75. The Morgan fingerprint density at radius 1 is 1.04 bits per heavy atom. The Labute approximate surface area is 167 Å². The fourth-order valence-electron chi connectivity index (χ4n) is 2.81. The van der Waals surface area contributed by atoms with Crippen LogP contribution in [0, 0.1) is 0 Å². The first-order chi connectivity index (χ1) is 12.3. The lowest BCUT2D eigenvalue weighted by Crippen LogP contribution is -2.64. The van der Waals surface area contributed by atoms with Gasteiger partial charge in [0.1, 0.15) is 0 Å². The van der Waals surface area contributed by atoms with Crippen LogP contribution >= 0.6 is 0 Å². The largest absolute Gasteiger partial charge is 0.425 e. The second kappa shape index (κ2) is 10.2. The van der Waals surface area contributed by atoms with Crippen LogP contribution in [0.1, 0.15) is 20.3 Å². The first-order valence-corrected chi connectivity index (χ1v) is 20.7. The lowest BCUT2D eigenvalue weighted by molar-refractivity contribution is -0.142. The third-order valence-electron chi connectivity index (χ3n) is 4.14. The molecule has 3 atom stereocenters. The molecule has 6 nitrogen and oxygen atoms in total. The van der Waals surface area contributed by atoms with Gasteiger partial charge in [0.2, 0.25) is 0 Å². The number of hydrogen-bond acceptors (Lipinski definition) is 6. The first kappa shape index (κ1) is 25.8. The van der Waals surface area contributed by atoms with Gasteiger partial charge in [-0.05, 0) is 38.3 Å². The average Bonchev–Trinajstić information content (AvgIpc) is 2.49. The molecule has 0 aliphatic carbocycles. The van der Waals surface area contributed by atoms with Gasteiger partial charge in [0.25, 0.3) is 29.3 Å². The summed E-state index contributed by atoms with van der Waals surface area (Å²) < 4.78 is 88.9. The topological polar surface area (TPSA) is 55.4 Å². The van der Waals surface area contributed by atoms with Gasteiger partial charge in [-0.25, -0.2) is 4.39 Å². The molecule has 1 saturated heterocycles. The van der Waals surface area contributed by atoms with E-state index in [1.165, 1.54) is 6.55 Å². The maximum atomic E-state index is 14.9. The van der Waals surface area contributed by atoms with Crippen LogP contribution in [-0.2, 0) is 24.7 Å². The van der Waals surface area contributed by atoms with E-state index >= 15 is 0 Å². The van der Waals surface area contributed by atoms with Gasteiger partial charge in [-0.1, -0.05) is 13.8 Å². The van der Waals surface area contributed by atoms with Crippen molar-refractivity contribution in [1.29, 1.82) is 0 Å². The monoisotopic (exact) mass is 502 g/mol. The molecule has 1 fully saturated rings. The average molecular weight is 503 g/mol. The lowest BCUT2D eigenvalue weighted by atomic mass is 10.5. The molecule has 0 bridgehead atoms. The first-order valence-electron chi connectivity index (χ1n) is 8.89. The van der Waals surface area contributed by atoms with Crippen LogP contribution in [0.25, 0.3) is 0 Å². The molecule has 1 aliphatic rings. The Bertz CT molecular complexity index is 471. The number of alkyl halides is 4. The van der Waals surface area contributed by atoms with Crippen LogP contribution in [0.5, 0.6) is 0 Å². The quantitative estimate of drug-likeness (QED) is 0.433. The Hall–Kier alpha value is 0.781. The van der Waals surface area contributed by atoms with E-state index in [4.69, 9.17) is 24.7 Å². The van der Waals surface area contributed by atoms with Crippen molar-refractivity contribution in [3.63, 3.8) is 0 Å². The number of halogens is 4. The third kappa shape index (κ3) is 8.58. The summed E-state index contributed by atoms with van der Waals surface area (Å²) in [6.45, 7) is 10.2. The molecule has 1 rings (SSSR count). The zero-order chi connectivity index (χ0) is 20.9. The molecule has 16 heteroatoms. The molecular formula is C11H30F4O6Si6. The summed E-state index contributed by atoms with van der Waals surface area (Å²) in [6, 6.07) is 0.946. The molecule has 0 saturated carbocycles. The van der Waals surface area contributed by atoms with Crippen LogP contribution in [0.4, 0.5) is 17.6 Å². The van der Waals surface area contributed by atoms with Crippen molar-refractivity contribution in [2.75, 3.05) is 0 Å². The second-order valence-electron chi connectivity index (χ2n) is 6.96. The summed E-state index contributed by atoms with van der Waals surface area (Å²) >= 11 is 0. The highest BCUT2D eigenvalue weighted by molar-refractivity contribution is 6.88. The van der Waals surface area contributed by atoms with Crippen molar-refractivity contribution in [2.24, 2.45) is 0 Å². The van der Waals surface area contributed by atoms with Crippen molar-refractivity contribution in [3.8, 4) is 0 Å². The second-order valence-corrected chi connectivity index (χ2v) is 24.0. The van der Waals surface area contributed by atoms with Gasteiger partial charge in [0, 0.05) is 0 Å². The minimum absolute atomic E-state index is 0.473. The Morgan fingerprint density at radius 2 is 1.63 bits per heavy atom. The van der Waals surface area contributed by atoms with Gasteiger partial charge in [-0.2, -0.15) is 13.2 Å². The van der Waals surface area contributed by atoms with Crippen molar-refractivity contribution in [3.05, 3.63) is 0 Å². The fourth-order valence-corrected chi connectivity index (χ4v) is 24.8. The van der Waals surface area contributed by atoms with Crippen molar-refractivity contribution in [1.82, 2.24) is 0 Å². The van der Waals surface area contributed by atoms with Crippen LogP contribution < -0.4 is 0 Å². The molecule has 0 aromatic rings. The maximum absolute atomic E-state index is 14.9. The molecule has 0 aromatic carbocycles. The lowest BCUT2D eigenvalue weighted by Gasteiger charge is -2.44. The fraction of sp³-hybridized carbons (Fsp3) is 1.00. The van der Waals surface area contributed by atoms with Gasteiger partial charge in [-0.3, -0.25) is 0 Å². The summed E-state index contributed by atoms with van der Waals surface area (Å²) in [7, 11) is -14.6. The van der Waals surface area contributed by atoms with E-state index in [9.17, 15) is 17.6 Å². The molecule has 162 valence electrons. The molecule has 0 spiro atoms. The molecular weight excluding hydrogens is 473 g/mol. The zero-order valence-corrected chi connectivity index (χ0v) is 23.6. The number of rotatable bonds is 4. The predicted octanol–water partition coefficient (Wildman–Crippen LogP) is 2.03. The predicted molar refractivity (Wildman–Crippen MR) is 108 cm³/mol. The van der Waals surface area contributed by atoms with E-state index in [2.05, 4.69) is 0 Å². The van der Waals surface area contributed by atoms with Crippen LogP contribution in [0.2, 0.25) is 38.3 Å². The minimum atomic E-state index is -4.66. The highest BCUT2D eigenvalue weighted by atomic mass is 28.5. The van der Waals surface area contributed by atoms with Crippen molar-refractivity contribution in [2.45, 2.75) is 70.5 Å². The molecule has 0 aromatic heterocycles. The molecule has 0 amide bonds. The van der Waals surface area contributed by atoms with Gasteiger partial charge in [0.15, 0.2) is 5.79 Å². The summed E-state index contributed by atoms with van der Waals surface area (Å²) in [5, 5.41) is 0.